The van der Waals surface area contributed by atoms with Gasteiger partial charge < -0.3 is 20.1 Å². The molecule has 1 heterocycles. The average molecular weight is 437 g/mol. The van der Waals surface area contributed by atoms with Crippen LogP contribution in [-0.4, -0.2) is 53.2 Å². The maximum absolute atomic E-state index is 12.9. The molecule has 0 saturated carbocycles. The van der Waals surface area contributed by atoms with E-state index in [-0.39, 0.29) is 24.3 Å². The third-order valence-corrected chi connectivity index (χ3v) is 6.23. The number of carbonyl (C=O) groups is 3. The Kier molecular flexibility index (Phi) is 6.17. The molecule has 1 fully saturated rings. The number of hydrogen-bond donors (Lipinski definition) is 2. The van der Waals surface area contributed by atoms with Gasteiger partial charge in [0, 0.05) is 12.5 Å². The van der Waals surface area contributed by atoms with Gasteiger partial charge in [0.15, 0.2) is 0 Å². The van der Waals surface area contributed by atoms with Crippen molar-refractivity contribution in [3.63, 3.8) is 0 Å². The van der Waals surface area contributed by atoms with E-state index in [0.29, 0.717) is 19.4 Å². The minimum absolute atomic E-state index is 0.0702. The maximum Gasteiger partial charge on any atom is 0.407 e. The number of fused-ring (bicyclic) bond motifs is 3. The van der Waals surface area contributed by atoms with E-state index >= 15 is 0 Å². The number of carbonyl (C=O) groups excluding carboxylic acids is 2. The smallest absolute Gasteiger partial charge is 0.407 e. The number of nitrogens with zero attached hydrogens (tertiary/aromatic N) is 1. The minimum atomic E-state index is -1.02. The highest BCUT2D eigenvalue weighted by atomic mass is 16.5. The van der Waals surface area contributed by atoms with Crippen molar-refractivity contribution in [2.24, 2.45) is 5.92 Å². The van der Waals surface area contributed by atoms with Crippen molar-refractivity contribution in [1.82, 2.24) is 10.2 Å². The number of carboxylic acids is 1. The van der Waals surface area contributed by atoms with E-state index in [0.717, 1.165) is 22.3 Å². The van der Waals surface area contributed by atoms with Gasteiger partial charge in [-0.2, -0.15) is 0 Å². The number of hydrogen-bond acceptors (Lipinski definition) is 4. The molecule has 32 heavy (non-hydrogen) atoms. The van der Waals surface area contributed by atoms with Crippen LogP contribution in [0.15, 0.2) is 48.5 Å². The van der Waals surface area contributed by atoms with Crippen molar-refractivity contribution in [3.8, 4) is 11.1 Å². The molecule has 1 saturated heterocycles. The van der Waals surface area contributed by atoms with Gasteiger partial charge in [-0.15, -0.1) is 0 Å². The Labute approximate surface area is 187 Å². The number of rotatable bonds is 7. The van der Waals surface area contributed by atoms with Gasteiger partial charge >= 0.3 is 12.1 Å². The van der Waals surface area contributed by atoms with E-state index in [1.165, 1.54) is 4.90 Å². The first-order chi connectivity index (χ1) is 15.4. The molecule has 2 aliphatic rings. The molecular weight excluding hydrogens is 408 g/mol. The summed E-state index contributed by atoms with van der Waals surface area (Å²) in [6, 6.07) is 14.5. The summed E-state index contributed by atoms with van der Waals surface area (Å²) in [6.45, 7) is 4.44. The van der Waals surface area contributed by atoms with Crippen LogP contribution in [0.4, 0.5) is 4.79 Å². The zero-order valence-electron chi connectivity index (χ0n) is 18.3. The number of likely N-dealkylation sites (tertiary alicyclic amines) is 1. The number of amides is 2. The van der Waals surface area contributed by atoms with Gasteiger partial charge in [-0.1, -0.05) is 62.4 Å². The Bertz CT molecular complexity index is 989. The minimum Gasteiger partial charge on any atom is -0.480 e. The molecule has 0 bridgehead atoms. The van der Waals surface area contributed by atoms with Crippen LogP contribution in [0.2, 0.25) is 0 Å². The molecule has 1 aliphatic heterocycles. The Morgan fingerprint density at radius 3 is 2.16 bits per heavy atom. The van der Waals surface area contributed by atoms with Crippen LogP contribution in [0, 0.1) is 5.92 Å². The summed E-state index contributed by atoms with van der Waals surface area (Å²) in [4.78, 5) is 38.2. The first-order valence-electron chi connectivity index (χ1n) is 11.0. The lowest BCUT2D eigenvalue weighted by molar-refractivity contribution is -0.158. The first kappa shape index (κ1) is 21.9. The van der Waals surface area contributed by atoms with E-state index < -0.39 is 24.1 Å². The molecule has 0 spiro atoms. The van der Waals surface area contributed by atoms with Crippen molar-refractivity contribution >= 4 is 18.0 Å². The zero-order chi connectivity index (χ0) is 22.8. The summed E-state index contributed by atoms with van der Waals surface area (Å²) in [6.07, 6.45) is 0.171. The topological polar surface area (TPSA) is 95.9 Å². The lowest BCUT2D eigenvalue weighted by Crippen LogP contribution is -2.60. The van der Waals surface area contributed by atoms with Crippen LogP contribution >= 0.6 is 0 Å². The fraction of sp³-hybridized carbons (Fsp3) is 0.400. The molecule has 2 N–H and O–H groups in total. The van der Waals surface area contributed by atoms with Gasteiger partial charge in [0.2, 0.25) is 5.91 Å². The fourth-order valence-electron chi connectivity index (χ4n) is 4.58. The molecule has 7 nitrogen and oxygen atoms in total. The Morgan fingerprint density at radius 2 is 1.66 bits per heavy atom. The lowest BCUT2D eigenvalue weighted by atomic mass is 9.97. The summed E-state index contributed by atoms with van der Waals surface area (Å²) >= 11 is 0. The van der Waals surface area contributed by atoms with Crippen molar-refractivity contribution in [2.75, 3.05) is 13.2 Å². The summed E-state index contributed by atoms with van der Waals surface area (Å²) in [5.74, 6) is -1.32. The highest BCUT2D eigenvalue weighted by Gasteiger charge is 2.41. The van der Waals surface area contributed by atoms with Gasteiger partial charge in [0.05, 0.1) is 0 Å². The Hall–Kier alpha value is -3.35. The predicted molar refractivity (Wildman–Crippen MR) is 119 cm³/mol. The SMILES string of the molecule is CC(C)CC(NC(=O)OCC1c2ccccc2-c2ccccc21)C(=O)N1CCC1C(=O)O. The molecule has 0 radical (unpaired) electrons. The highest BCUT2D eigenvalue weighted by Crippen LogP contribution is 2.44. The van der Waals surface area contributed by atoms with Crippen LogP contribution < -0.4 is 5.32 Å². The summed E-state index contributed by atoms with van der Waals surface area (Å²) < 4.78 is 5.57. The Morgan fingerprint density at radius 1 is 1.06 bits per heavy atom. The highest BCUT2D eigenvalue weighted by molar-refractivity contribution is 5.90. The predicted octanol–water partition coefficient (Wildman–Crippen LogP) is 3.63. The monoisotopic (exact) mass is 436 g/mol. The number of aliphatic carboxylic acids is 1. The molecule has 2 amide bonds. The number of benzene rings is 2. The van der Waals surface area contributed by atoms with Crippen molar-refractivity contribution < 1.29 is 24.2 Å². The number of ether oxygens (including phenoxy) is 1. The molecule has 0 aromatic heterocycles. The van der Waals surface area contributed by atoms with E-state index in [2.05, 4.69) is 17.4 Å². The van der Waals surface area contributed by atoms with Crippen LogP contribution in [-0.2, 0) is 14.3 Å². The molecule has 4 rings (SSSR count). The average Bonchev–Trinajstić information content (AvgIpc) is 3.04. The van der Waals surface area contributed by atoms with Crippen molar-refractivity contribution in [1.29, 1.82) is 0 Å². The third-order valence-electron chi connectivity index (χ3n) is 6.23. The number of nitrogens with one attached hydrogen (secondary N) is 1. The maximum atomic E-state index is 12.9. The van der Waals surface area contributed by atoms with Gasteiger partial charge in [-0.25, -0.2) is 9.59 Å². The third kappa shape index (κ3) is 4.20. The van der Waals surface area contributed by atoms with E-state index in [9.17, 15) is 19.5 Å². The van der Waals surface area contributed by atoms with Crippen LogP contribution in [0.5, 0.6) is 0 Å². The number of carboxylic acid groups (broad SMARTS) is 1. The summed E-state index contributed by atoms with van der Waals surface area (Å²) in [5.41, 5.74) is 4.51. The van der Waals surface area contributed by atoms with Crippen molar-refractivity contribution in [3.05, 3.63) is 59.7 Å². The van der Waals surface area contributed by atoms with Crippen LogP contribution in [0.3, 0.4) is 0 Å². The summed E-state index contributed by atoms with van der Waals surface area (Å²) in [5, 5.41) is 11.9. The largest absolute Gasteiger partial charge is 0.480 e. The second-order valence-electron chi connectivity index (χ2n) is 8.83. The van der Waals surface area contributed by atoms with E-state index in [1.807, 2.05) is 50.2 Å². The van der Waals surface area contributed by atoms with E-state index in [4.69, 9.17) is 4.74 Å². The molecule has 2 unspecified atom stereocenters. The molecule has 7 heteroatoms. The normalized spacial score (nSPS) is 17.8. The van der Waals surface area contributed by atoms with Crippen LogP contribution in [0.25, 0.3) is 11.1 Å². The van der Waals surface area contributed by atoms with Gasteiger partial charge in [0.25, 0.3) is 0 Å². The van der Waals surface area contributed by atoms with Crippen LogP contribution in [0.1, 0.15) is 43.7 Å². The van der Waals surface area contributed by atoms with Gasteiger partial charge in [-0.3, -0.25) is 4.79 Å². The zero-order valence-corrected chi connectivity index (χ0v) is 18.3. The molecule has 2 aromatic carbocycles. The molecular formula is C25H28N2O5. The lowest BCUT2D eigenvalue weighted by Gasteiger charge is -2.40. The van der Waals surface area contributed by atoms with Gasteiger partial charge in [0.1, 0.15) is 18.7 Å². The van der Waals surface area contributed by atoms with E-state index in [1.54, 1.807) is 0 Å². The fourth-order valence-corrected chi connectivity index (χ4v) is 4.58. The van der Waals surface area contributed by atoms with Gasteiger partial charge in [-0.05, 0) is 41.0 Å². The molecule has 1 aliphatic carbocycles. The molecule has 168 valence electrons. The van der Waals surface area contributed by atoms with Crippen molar-refractivity contribution in [2.45, 2.75) is 44.7 Å². The quantitative estimate of drug-likeness (QED) is 0.691. The summed E-state index contributed by atoms with van der Waals surface area (Å²) in [7, 11) is 0. The first-order valence-corrected chi connectivity index (χ1v) is 11.0. The molecule has 2 atom stereocenters. The Balaban J connectivity index is 1.43. The second-order valence-corrected chi connectivity index (χ2v) is 8.83. The molecule has 2 aromatic rings. The number of alkyl carbamates (subject to hydrolysis) is 1. The standard InChI is InChI=1S/C25H28N2O5/c1-15(2)13-21(23(28)27-12-11-22(27)24(29)30)26-25(31)32-14-20-18-9-5-3-7-16(18)17-8-4-6-10-19(17)20/h3-10,15,20-22H,11-14H2,1-2H3,(H,26,31)(H,29,30). The second kappa shape index (κ2) is 9.02.